The zero-order chi connectivity index (χ0) is 21.1. The third-order valence-corrected chi connectivity index (χ3v) is 4.31. The van der Waals surface area contributed by atoms with Gasteiger partial charge >= 0.3 is 0 Å². The normalized spacial score (nSPS) is 10.7. The van der Waals surface area contributed by atoms with Crippen molar-refractivity contribution in [1.29, 1.82) is 0 Å². The number of hydrogen-bond acceptors (Lipinski definition) is 3. The number of carbonyl (C=O) groups excluding carboxylic acids is 1. The molecule has 164 valence electrons. The highest BCUT2D eigenvalue weighted by molar-refractivity contribution is 14.0. The number of halogens is 1. The molecule has 0 saturated heterocycles. The van der Waals surface area contributed by atoms with Crippen LogP contribution in [0.4, 0.5) is 0 Å². The Bertz CT molecular complexity index is 824. The molecule has 0 aliphatic carbocycles. The number of carbonyl (C=O) groups is 1. The Labute approximate surface area is 197 Å². The van der Waals surface area contributed by atoms with Crippen LogP contribution in [-0.4, -0.2) is 50.6 Å². The van der Waals surface area contributed by atoms with Crippen molar-refractivity contribution < 1.29 is 9.53 Å². The molecule has 0 saturated carbocycles. The van der Waals surface area contributed by atoms with Gasteiger partial charge in [0.15, 0.2) is 5.96 Å². The zero-order valence-corrected chi connectivity index (χ0v) is 20.6. The molecule has 2 aromatic rings. The third kappa shape index (κ3) is 8.22. The van der Waals surface area contributed by atoms with Gasteiger partial charge in [-0.15, -0.1) is 24.0 Å². The van der Waals surface area contributed by atoms with Crippen molar-refractivity contribution in [2.75, 3.05) is 33.8 Å². The summed E-state index contributed by atoms with van der Waals surface area (Å²) < 4.78 is 5.67. The van der Waals surface area contributed by atoms with Gasteiger partial charge in [-0.1, -0.05) is 30.3 Å². The topological polar surface area (TPSA) is 66.0 Å². The van der Waals surface area contributed by atoms with E-state index in [2.05, 4.69) is 15.6 Å². The molecular weight excluding hydrogens is 491 g/mol. The number of nitrogens with one attached hydrogen (secondary N) is 2. The summed E-state index contributed by atoms with van der Waals surface area (Å²) in [6.45, 7) is 6.70. The first kappa shape index (κ1) is 25.7. The van der Waals surface area contributed by atoms with Gasteiger partial charge in [-0.25, -0.2) is 4.99 Å². The van der Waals surface area contributed by atoms with Crippen LogP contribution in [0.15, 0.2) is 53.5 Å². The molecule has 1 amide bonds. The second kappa shape index (κ2) is 13.8. The lowest BCUT2D eigenvalue weighted by Crippen LogP contribution is -2.38. The Balaban J connectivity index is 0.00000450. The van der Waals surface area contributed by atoms with Crippen LogP contribution < -0.4 is 15.4 Å². The molecule has 0 atom stereocenters. The van der Waals surface area contributed by atoms with E-state index in [-0.39, 0.29) is 29.9 Å². The molecule has 0 unspecified atom stereocenters. The van der Waals surface area contributed by atoms with Gasteiger partial charge in [-0.3, -0.25) is 4.79 Å². The van der Waals surface area contributed by atoms with Crippen LogP contribution >= 0.6 is 24.0 Å². The van der Waals surface area contributed by atoms with Crippen molar-refractivity contribution in [3.63, 3.8) is 0 Å². The number of benzene rings is 2. The van der Waals surface area contributed by atoms with Crippen molar-refractivity contribution in [3.8, 4) is 5.75 Å². The highest BCUT2D eigenvalue weighted by Crippen LogP contribution is 2.18. The Morgan fingerprint density at radius 2 is 1.83 bits per heavy atom. The SMILES string of the molecule is CCNC(=NCc1ccccc1OCC)NCCc1cccc(C(=O)N(C)C)c1.I. The van der Waals surface area contributed by atoms with Crippen LogP contribution in [0.25, 0.3) is 0 Å². The summed E-state index contributed by atoms with van der Waals surface area (Å²) in [6.07, 6.45) is 0.800. The molecule has 2 rings (SSSR count). The summed E-state index contributed by atoms with van der Waals surface area (Å²) in [7, 11) is 3.53. The van der Waals surface area contributed by atoms with Crippen molar-refractivity contribution in [2.24, 2.45) is 4.99 Å². The van der Waals surface area contributed by atoms with Crippen LogP contribution in [-0.2, 0) is 13.0 Å². The Morgan fingerprint density at radius 3 is 2.53 bits per heavy atom. The Kier molecular flexibility index (Phi) is 11.9. The summed E-state index contributed by atoms with van der Waals surface area (Å²) in [6, 6.07) is 15.7. The van der Waals surface area contributed by atoms with Crippen LogP contribution in [0, 0.1) is 0 Å². The van der Waals surface area contributed by atoms with Gasteiger partial charge in [-0.05, 0) is 44.0 Å². The van der Waals surface area contributed by atoms with Crippen LogP contribution in [0.1, 0.15) is 35.3 Å². The molecule has 0 radical (unpaired) electrons. The second-order valence-electron chi connectivity index (χ2n) is 6.81. The van der Waals surface area contributed by atoms with Crippen molar-refractivity contribution >= 4 is 35.8 Å². The summed E-state index contributed by atoms with van der Waals surface area (Å²) in [4.78, 5) is 18.4. The molecule has 2 N–H and O–H groups in total. The standard InChI is InChI=1S/C23H32N4O2.HI/c1-5-24-23(26-17-20-11-7-8-13-21(20)29-6-2)25-15-14-18-10-9-12-19(16-18)22(28)27(3)4;/h7-13,16H,5-6,14-15,17H2,1-4H3,(H2,24,25,26);1H. The van der Waals surface area contributed by atoms with Gasteiger partial charge in [0, 0.05) is 38.3 Å². The Hall–Kier alpha value is -2.29. The van der Waals surface area contributed by atoms with Gasteiger partial charge in [0.25, 0.3) is 5.91 Å². The molecule has 7 heteroatoms. The van der Waals surface area contributed by atoms with E-state index in [0.29, 0.717) is 18.7 Å². The van der Waals surface area contributed by atoms with Crippen molar-refractivity contribution in [2.45, 2.75) is 26.8 Å². The molecule has 0 bridgehead atoms. The van der Waals surface area contributed by atoms with E-state index in [4.69, 9.17) is 4.74 Å². The highest BCUT2D eigenvalue weighted by Gasteiger charge is 2.08. The summed E-state index contributed by atoms with van der Waals surface area (Å²) in [5, 5.41) is 6.64. The first-order chi connectivity index (χ1) is 14.0. The van der Waals surface area contributed by atoms with Gasteiger partial charge in [-0.2, -0.15) is 0 Å². The molecule has 2 aromatic carbocycles. The molecule has 6 nitrogen and oxygen atoms in total. The van der Waals surface area contributed by atoms with Crippen molar-refractivity contribution in [3.05, 3.63) is 65.2 Å². The minimum Gasteiger partial charge on any atom is -0.494 e. The molecular formula is C23H33IN4O2. The van der Waals surface area contributed by atoms with Crippen LogP contribution in [0.2, 0.25) is 0 Å². The van der Waals surface area contributed by atoms with E-state index in [9.17, 15) is 4.79 Å². The summed E-state index contributed by atoms with van der Waals surface area (Å²) >= 11 is 0. The number of aliphatic imine (C=N–C) groups is 1. The summed E-state index contributed by atoms with van der Waals surface area (Å²) in [5.74, 6) is 1.65. The molecule has 0 aliphatic heterocycles. The van der Waals surface area contributed by atoms with E-state index in [0.717, 1.165) is 42.3 Å². The zero-order valence-electron chi connectivity index (χ0n) is 18.3. The maximum Gasteiger partial charge on any atom is 0.253 e. The molecule has 0 fully saturated rings. The summed E-state index contributed by atoms with van der Waals surface area (Å²) in [5.41, 5.74) is 2.88. The molecule has 0 heterocycles. The minimum absolute atomic E-state index is 0. The first-order valence-electron chi connectivity index (χ1n) is 10.1. The first-order valence-corrected chi connectivity index (χ1v) is 10.1. The van der Waals surface area contributed by atoms with Gasteiger partial charge in [0.1, 0.15) is 5.75 Å². The van der Waals surface area contributed by atoms with E-state index in [1.165, 1.54) is 0 Å². The maximum atomic E-state index is 12.1. The average Bonchev–Trinajstić information content (AvgIpc) is 2.72. The van der Waals surface area contributed by atoms with Crippen molar-refractivity contribution in [1.82, 2.24) is 15.5 Å². The molecule has 30 heavy (non-hydrogen) atoms. The van der Waals surface area contributed by atoms with E-state index >= 15 is 0 Å². The van der Waals surface area contributed by atoms with E-state index in [1.54, 1.807) is 19.0 Å². The maximum absolute atomic E-state index is 12.1. The minimum atomic E-state index is 0. The lowest BCUT2D eigenvalue weighted by atomic mass is 10.1. The third-order valence-electron chi connectivity index (χ3n) is 4.31. The molecule has 0 aromatic heterocycles. The van der Waals surface area contributed by atoms with Crippen LogP contribution in [0.5, 0.6) is 5.75 Å². The largest absolute Gasteiger partial charge is 0.494 e. The number of ether oxygens (including phenoxy) is 1. The monoisotopic (exact) mass is 524 g/mol. The predicted octanol–water partition coefficient (Wildman–Crippen LogP) is 3.70. The molecule has 0 spiro atoms. The fourth-order valence-corrected chi connectivity index (χ4v) is 2.88. The highest BCUT2D eigenvalue weighted by atomic mass is 127. The predicted molar refractivity (Wildman–Crippen MR) is 134 cm³/mol. The molecule has 0 aliphatic rings. The fourth-order valence-electron chi connectivity index (χ4n) is 2.88. The van der Waals surface area contributed by atoms with Gasteiger partial charge in [0.2, 0.25) is 0 Å². The number of nitrogens with zero attached hydrogens (tertiary/aromatic N) is 2. The number of amides is 1. The average molecular weight is 524 g/mol. The van der Waals surface area contributed by atoms with E-state index in [1.807, 2.05) is 62.4 Å². The second-order valence-corrected chi connectivity index (χ2v) is 6.81. The van der Waals surface area contributed by atoms with Crippen LogP contribution in [0.3, 0.4) is 0 Å². The lowest BCUT2D eigenvalue weighted by Gasteiger charge is -2.13. The fraction of sp³-hybridized carbons (Fsp3) is 0.391. The Morgan fingerprint density at radius 1 is 1.07 bits per heavy atom. The van der Waals surface area contributed by atoms with E-state index < -0.39 is 0 Å². The number of guanidine groups is 1. The van der Waals surface area contributed by atoms with Gasteiger partial charge < -0.3 is 20.3 Å². The number of hydrogen-bond donors (Lipinski definition) is 2. The number of para-hydroxylation sites is 1. The smallest absolute Gasteiger partial charge is 0.253 e. The quantitative estimate of drug-likeness (QED) is 0.298. The van der Waals surface area contributed by atoms with Gasteiger partial charge in [0.05, 0.1) is 13.2 Å². The lowest BCUT2D eigenvalue weighted by molar-refractivity contribution is 0.0827. The number of rotatable bonds is 9.